The highest BCUT2D eigenvalue weighted by Gasteiger charge is 2.25. The van der Waals surface area contributed by atoms with Gasteiger partial charge >= 0.3 is 0 Å². The van der Waals surface area contributed by atoms with Gasteiger partial charge in [-0.05, 0) is 73.2 Å². The van der Waals surface area contributed by atoms with Crippen molar-refractivity contribution in [3.63, 3.8) is 0 Å². The lowest BCUT2D eigenvalue weighted by Gasteiger charge is -2.22. The van der Waals surface area contributed by atoms with Crippen LogP contribution < -0.4 is 10.5 Å². The number of sulfone groups is 1. The van der Waals surface area contributed by atoms with Crippen molar-refractivity contribution < 1.29 is 17.9 Å². The Balaban J connectivity index is 2.05. The molecule has 174 valence electrons. The van der Waals surface area contributed by atoms with Crippen molar-refractivity contribution in [3.8, 4) is 11.5 Å². The van der Waals surface area contributed by atoms with Gasteiger partial charge in [0.2, 0.25) is 0 Å². The minimum absolute atomic E-state index is 0.0230. The van der Waals surface area contributed by atoms with Crippen LogP contribution >= 0.6 is 0 Å². The molecule has 3 rings (SSSR count). The molecule has 0 heterocycles. The van der Waals surface area contributed by atoms with Crippen molar-refractivity contribution >= 4 is 21.3 Å². The second-order valence-electron chi connectivity index (χ2n) is 9.55. The van der Waals surface area contributed by atoms with Crippen LogP contribution in [0.15, 0.2) is 59.5 Å². The SMILES string of the molecule is Cc1cc(C)c(Oc2cc(C(C)(C)C)ccc2C(=O)CS(=O)(=O)c2cccc(N)c2)c(C)c1. The van der Waals surface area contributed by atoms with Crippen LogP contribution in [-0.2, 0) is 15.3 Å². The van der Waals surface area contributed by atoms with Crippen molar-refractivity contribution in [2.75, 3.05) is 11.5 Å². The average molecular weight is 466 g/mol. The predicted octanol–water partition coefficient (Wildman–Crippen LogP) is 5.94. The number of ketones is 1. The Morgan fingerprint density at radius 3 is 2.15 bits per heavy atom. The van der Waals surface area contributed by atoms with E-state index in [1.807, 2.05) is 45.0 Å². The Bertz CT molecular complexity index is 1300. The zero-order valence-electron chi connectivity index (χ0n) is 20.0. The van der Waals surface area contributed by atoms with Gasteiger partial charge in [0.1, 0.15) is 17.3 Å². The van der Waals surface area contributed by atoms with Gasteiger partial charge in [-0.2, -0.15) is 0 Å². The van der Waals surface area contributed by atoms with Gasteiger partial charge in [0.25, 0.3) is 0 Å². The number of rotatable bonds is 6. The minimum Gasteiger partial charge on any atom is -0.456 e. The van der Waals surface area contributed by atoms with Crippen molar-refractivity contribution in [2.24, 2.45) is 0 Å². The van der Waals surface area contributed by atoms with Crippen LogP contribution in [0.1, 0.15) is 53.4 Å². The molecule has 0 amide bonds. The second-order valence-corrected chi connectivity index (χ2v) is 11.5. The summed E-state index contributed by atoms with van der Waals surface area (Å²) in [6, 6.07) is 15.3. The third-order valence-corrected chi connectivity index (χ3v) is 7.12. The van der Waals surface area contributed by atoms with Crippen LogP contribution in [0.25, 0.3) is 0 Å². The van der Waals surface area contributed by atoms with Crippen molar-refractivity contribution in [3.05, 3.63) is 82.4 Å². The van der Waals surface area contributed by atoms with Gasteiger partial charge < -0.3 is 10.5 Å². The van der Waals surface area contributed by atoms with Crippen LogP contribution in [0.2, 0.25) is 0 Å². The highest BCUT2D eigenvalue weighted by molar-refractivity contribution is 7.92. The Hall–Kier alpha value is -3.12. The Morgan fingerprint density at radius 1 is 0.939 bits per heavy atom. The molecule has 2 N–H and O–H groups in total. The van der Waals surface area contributed by atoms with Gasteiger partial charge in [0.05, 0.1) is 10.5 Å². The lowest BCUT2D eigenvalue weighted by molar-refractivity contribution is 0.101. The lowest BCUT2D eigenvalue weighted by atomic mass is 9.86. The number of hydrogen-bond donors (Lipinski definition) is 1. The van der Waals surface area contributed by atoms with E-state index in [-0.39, 0.29) is 15.9 Å². The largest absolute Gasteiger partial charge is 0.456 e. The van der Waals surface area contributed by atoms with E-state index in [1.165, 1.54) is 12.1 Å². The molecule has 0 saturated carbocycles. The molecule has 5 nitrogen and oxygen atoms in total. The van der Waals surface area contributed by atoms with Crippen molar-refractivity contribution in [2.45, 2.75) is 51.9 Å². The van der Waals surface area contributed by atoms with Crippen LogP contribution in [0.4, 0.5) is 5.69 Å². The Morgan fingerprint density at radius 2 is 1.58 bits per heavy atom. The number of ether oxygens (including phenoxy) is 1. The summed E-state index contributed by atoms with van der Waals surface area (Å²) >= 11 is 0. The van der Waals surface area contributed by atoms with Gasteiger partial charge in [-0.3, -0.25) is 4.79 Å². The molecule has 0 spiro atoms. The van der Waals surface area contributed by atoms with E-state index in [1.54, 1.807) is 18.2 Å². The first-order valence-electron chi connectivity index (χ1n) is 10.8. The maximum atomic E-state index is 13.2. The zero-order chi connectivity index (χ0) is 24.6. The number of nitrogens with two attached hydrogens (primary N) is 1. The first kappa shape index (κ1) is 24.5. The molecule has 0 aliphatic heterocycles. The Labute approximate surface area is 196 Å². The number of carbonyl (C=O) groups is 1. The van der Waals surface area contributed by atoms with Crippen molar-refractivity contribution in [1.29, 1.82) is 0 Å². The van der Waals surface area contributed by atoms with E-state index in [9.17, 15) is 13.2 Å². The van der Waals surface area contributed by atoms with E-state index < -0.39 is 21.4 Å². The Kier molecular flexibility index (Phi) is 6.70. The molecule has 0 fully saturated rings. The van der Waals surface area contributed by atoms with Crippen LogP contribution in [0.3, 0.4) is 0 Å². The molecule has 0 aliphatic carbocycles. The number of benzene rings is 3. The fraction of sp³-hybridized carbons (Fsp3) is 0.296. The summed E-state index contributed by atoms with van der Waals surface area (Å²) in [6.07, 6.45) is 0. The summed E-state index contributed by atoms with van der Waals surface area (Å²) in [6.45, 7) is 12.1. The molecule has 33 heavy (non-hydrogen) atoms. The average Bonchev–Trinajstić information content (AvgIpc) is 2.69. The summed E-state index contributed by atoms with van der Waals surface area (Å²) in [5.41, 5.74) is 10.1. The summed E-state index contributed by atoms with van der Waals surface area (Å²) in [5, 5.41) is 0. The first-order valence-corrected chi connectivity index (χ1v) is 12.4. The standard InChI is InChI=1S/C27H31NO4S/c1-17-12-18(2)26(19(3)13-17)32-25-14-20(27(4,5)6)10-11-23(25)24(29)16-33(30,31)22-9-7-8-21(28)15-22/h7-15H,16,28H2,1-6H3. The van der Waals surface area contributed by atoms with Gasteiger partial charge in [-0.25, -0.2) is 8.42 Å². The number of hydrogen-bond acceptors (Lipinski definition) is 5. The summed E-state index contributed by atoms with van der Waals surface area (Å²) in [4.78, 5) is 13.2. The van der Waals surface area contributed by atoms with Gasteiger partial charge in [-0.1, -0.05) is 50.6 Å². The minimum atomic E-state index is -3.87. The third-order valence-electron chi connectivity index (χ3n) is 5.50. The number of anilines is 1. The molecule has 0 bridgehead atoms. The summed E-state index contributed by atoms with van der Waals surface area (Å²) < 4.78 is 32.1. The number of nitrogen functional groups attached to an aromatic ring is 1. The van der Waals surface area contributed by atoms with Crippen LogP contribution in [0.5, 0.6) is 11.5 Å². The van der Waals surface area contributed by atoms with E-state index in [4.69, 9.17) is 10.5 Å². The molecule has 0 atom stereocenters. The molecule has 0 aromatic heterocycles. The molecule has 3 aromatic carbocycles. The predicted molar refractivity (Wildman–Crippen MR) is 133 cm³/mol. The topological polar surface area (TPSA) is 86.5 Å². The monoisotopic (exact) mass is 465 g/mol. The highest BCUT2D eigenvalue weighted by Crippen LogP contribution is 2.35. The van der Waals surface area contributed by atoms with Crippen LogP contribution in [0, 0.1) is 20.8 Å². The molecule has 0 saturated heterocycles. The summed E-state index contributed by atoms with van der Waals surface area (Å²) in [7, 11) is -3.87. The molecule has 0 radical (unpaired) electrons. The second kappa shape index (κ2) is 9.02. The molecule has 3 aromatic rings. The smallest absolute Gasteiger partial charge is 0.185 e. The van der Waals surface area contributed by atoms with Crippen molar-refractivity contribution in [1.82, 2.24) is 0 Å². The number of Topliss-reactive ketones (excluding diaryl/α,β-unsaturated/α-hetero) is 1. The molecule has 0 aliphatic rings. The quantitative estimate of drug-likeness (QED) is 0.360. The third kappa shape index (κ3) is 5.63. The van der Waals surface area contributed by atoms with E-state index in [0.717, 1.165) is 22.3 Å². The zero-order valence-corrected chi connectivity index (χ0v) is 20.8. The van der Waals surface area contributed by atoms with Gasteiger partial charge in [0.15, 0.2) is 15.6 Å². The first-order chi connectivity index (χ1) is 15.3. The molecule has 6 heteroatoms. The maximum Gasteiger partial charge on any atom is 0.185 e. The van der Waals surface area contributed by atoms with Gasteiger partial charge in [0, 0.05) is 5.69 Å². The normalized spacial score (nSPS) is 11.9. The van der Waals surface area contributed by atoms with E-state index in [0.29, 0.717) is 17.2 Å². The van der Waals surface area contributed by atoms with E-state index in [2.05, 4.69) is 20.8 Å². The van der Waals surface area contributed by atoms with Gasteiger partial charge in [-0.15, -0.1) is 0 Å². The number of carbonyl (C=O) groups excluding carboxylic acids is 1. The maximum absolute atomic E-state index is 13.2. The molecular weight excluding hydrogens is 434 g/mol. The summed E-state index contributed by atoms with van der Waals surface area (Å²) in [5.74, 6) is -0.187. The molecular formula is C27H31NO4S. The fourth-order valence-corrected chi connectivity index (χ4v) is 5.05. The fourth-order valence-electron chi connectivity index (χ4n) is 3.78. The number of aryl methyl sites for hydroxylation is 3. The van der Waals surface area contributed by atoms with E-state index >= 15 is 0 Å². The molecule has 0 unspecified atom stereocenters. The highest BCUT2D eigenvalue weighted by atomic mass is 32.2. The lowest BCUT2D eigenvalue weighted by Crippen LogP contribution is -2.18. The van der Waals surface area contributed by atoms with Crippen LogP contribution in [-0.4, -0.2) is 20.0 Å².